The maximum absolute atomic E-state index is 11.4. The van der Waals surface area contributed by atoms with E-state index < -0.39 is 23.5 Å². The first-order chi connectivity index (χ1) is 9.08. The number of aliphatic imine (C=N–C) groups is 1. The fourth-order valence-corrected chi connectivity index (χ4v) is 1.32. The monoisotopic (exact) mass is 266 g/mol. The minimum Gasteiger partial charge on any atom is -0.464 e. The van der Waals surface area contributed by atoms with Crippen LogP contribution < -0.4 is 0 Å². The molecule has 0 spiro atoms. The molecule has 102 valence electrons. The molecule has 0 heterocycles. The van der Waals surface area contributed by atoms with E-state index in [1.807, 2.05) is 0 Å². The fraction of sp³-hybridized carbons (Fsp3) is 0.333. The van der Waals surface area contributed by atoms with Crippen molar-refractivity contribution >= 4 is 17.9 Å². The van der Waals surface area contributed by atoms with Gasteiger partial charge in [-0.25, -0.2) is 4.79 Å². The van der Waals surface area contributed by atoms with Gasteiger partial charge in [0.25, 0.3) is 5.69 Å². The van der Waals surface area contributed by atoms with Crippen molar-refractivity contribution in [3.05, 3.63) is 39.9 Å². The van der Waals surface area contributed by atoms with E-state index in [1.165, 1.54) is 24.4 Å². The smallest absolute Gasteiger partial charge is 0.333 e. The summed E-state index contributed by atoms with van der Waals surface area (Å²) < 4.78 is 4.72. The molecule has 0 radical (unpaired) electrons. The van der Waals surface area contributed by atoms with Gasteiger partial charge in [0.2, 0.25) is 0 Å². The molecule has 7 nitrogen and oxygen atoms in total. The first kappa shape index (κ1) is 14.8. The highest BCUT2D eigenvalue weighted by Crippen LogP contribution is 2.11. The van der Waals surface area contributed by atoms with Crippen molar-refractivity contribution in [2.75, 3.05) is 13.2 Å². The third-order valence-electron chi connectivity index (χ3n) is 2.22. The number of nitro benzene ring substituents is 1. The number of benzene rings is 1. The molecule has 19 heavy (non-hydrogen) atoms. The fourth-order valence-electron chi connectivity index (χ4n) is 1.32. The van der Waals surface area contributed by atoms with E-state index in [2.05, 4.69) is 4.99 Å². The second-order valence-corrected chi connectivity index (χ2v) is 3.58. The lowest BCUT2D eigenvalue weighted by molar-refractivity contribution is -0.384. The first-order valence-corrected chi connectivity index (χ1v) is 5.63. The number of hydrogen-bond acceptors (Lipinski definition) is 6. The predicted molar refractivity (Wildman–Crippen MR) is 68.2 cm³/mol. The van der Waals surface area contributed by atoms with Crippen LogP contribution in [-0.4, -0.2) is 41.5 Å². The normalized spacial score (nSPS) is 12.3. The van der Waals surface area contributed by atoms with Crippen LogP contribution >= 0.6 is 0 Å². The van der Waals surface area contributed by atoms with Crippen molar-refractivity contribution in [2.45, 2.75) is 13.0 Å². The molecule has 0 saturated carbocycles. The van der Waals surface area contributed by atoms with Crippen molar-refractivity contribution in [1.29, 1.82) is 0 Å². The Morgan fingerprint density at radius 1 is 1.63 bits per heavy atom. The van der Waals surface area contributed by atoms with Gasteiger partial charge in [0, 0.05) is 18.3 Å². The van der Waals surface area contributed by atoms with Crippen LogP contribution in [0.3, 0.4) is 0 Å². The van der Waals surface area contributed by atoms with E-state index in [1.54, 1.807) is 13.0 Å². The molecule has 0 saturated heterocycles. The number of nitro groups is 1. The number of aliphatic hydroxyl groups excluding tert-OH is 1. The lowest BCUT2D eigenvalue weighted by Gasteiger charge is -2.07. The number of ether oxygens (including phenoxy) is 1. The molecule has 0 aliphatic carbocycles. The molecule has 0 fully saturated rings. The Balaban J connectivity index is 2.81. The number of non-ortho nitro benzene ring substituents is 1. The van der Waals surface area contributed by atoms with Crippen molar-refractivity contribution in [3.8, 4) is 0 Å². The summed E-state index contributed by atoms with van der Waals surface area (Å²) in [6, 6.07) is 4.78. The second kappa shape index (κ2) is 7.22. The third kappa shape index (κ3) is 4.47. The standard InChI is InChI=1S/C12H14N2O5/c1-2-19-12(16)11(8-15)13-7-9-4-3-5-10(6-9)14(17)18/h3-7,11,15H,2,8H2,1H3/b13-7+. The minimum absolute atomic E-state index is 0.0689. The van der Waals surface area contributed by atoms with Gasteiger partial charge in [0.1, 0.15) is 0 Å². The van der Waals surface area contributed by atoms with Gasteiger partial charge in [0.15, 0.2) is 6.04 Å². The highest BCUT2D eigenvalue weighted by atomic mass is 16.6. The molecule has 1 N–H and O–H groups in total. The van der Waals surface area contributed by atoms with Gasteiger partial charge in [-0.2, -0.15) is 0 Å². The largest absolute Gasteiger partial charge is 0.464 e. The highest BCUT2D eigenvalue weighted by molar-refractivity contribution is 5.84. The Morgan fingerprint density at radius 3 is 2.95 bits per heavy atom. The molecule has 1 rings (SSSR count). The summed E-state index contributed by atoms with van der Waals surface area (Å²) in [5.74, 6) is -0.633. The second-order valence-electron chi connectivity index (χ2n) is 3.58. The van der Waals surface area contributed by atoms with Crippen molar-refractivity contribution in [2.24, 2.45) is 4.99 Å². The van der Waals surface area contributed by atoms with E-state index in [-0.39, 0.29) is 12.3 Å². The predicted octanol–water partition coefficient (Wildman–Crippen LogP) is 0.938. The van der Waals surface area contributed by atoms with Gasteiger partial charge in [-0.15, -0.1) is 0 Å². The zero-order valence-electron chi connectivity index (χ0n) is 10.4. The Hall–Kier alpha value is -2.28. The number of hydrogen-bond donors (Lipinski definition) is 1. The van der Waals surface area contributed by atoms with E-state index in [9.17, 15) is 14.9 Å². The SMILES string of the molecule is CCOC(=O)C(CO)/N=C/c1cccc([N+](=O)[O-])c1. The van der Waals surface area contributed by atoms with Crippen LogP contribution in [0.4, 0.5) is 5.69 Å². The highest BCUT2D eigenvalue weighted by Gasteiger charge is 2.16. The Kier molecular flexibility index (Phi) is 5.62. The van der Waals surface area contributed by atoms with Crippen LogP contribution in [0.25, 0.3) is 0 Å². The molecule has 7 heteroatoms. The van der Waals surface area contributed by atoms with Crippen LogP contribution in [0.15, 0.2) is 29.3 Å². The van der Waals surface area contributed by atoms with E-state index in [0.717, 1.165) is 0 Å². The topological polar surface area (TPSA) is 102 Å². The van der Waals surface area contributed by atoms with Crippen molar-refractivity contribution < 1.29 is 19.6 Å². The molecule has 1 aromatic rings. The maximum atomic E-state index is 11.4. The molecule has 1 aromatic carbocycles. The molecule has 0 bridgehead atoms. The van der Waals surface area contributed by atoms with Gasteiger partial charge >= 0.3 is 5.97 Å². The van der Waals surface area contributed by atoms with Crippen LogP contribution in [0.2, 0.25) is 0 Å². The van der Waals surface area contributed by atoms with Crippen LogP contribution in [0, 0.1) is 10.1 Å². The number of carbonyl (C=O) groups excluding carboxylic acids is 1. The molecule has 0 aliphatic heterocycles. The zero-order chi connectivity index (χ0) is 14.3. The van der Waals surface area contributed by atoms with Gasteiger partial charge in [-0.1, -0.05) is 12.1 Å². The maximum Gasteiger partial charge on any atom is 0.333 e. The molecule has 0 amide bonds. The quantitative estimate of drug-likeness (QED) is 0.357. The van der Waals surface area contributed by atoms with E-state index in [4.69, 9.17) is 9.84 Å². The van der Waals surface area contributed by atoms with Crippen LogP contribution in [0.5, 0.6) is 0 Å². The molecule has 0 aliphatic rings. The number of nitrogens with zero attached hydrogens (tertiary/aromatic N) is 2. The van der Waals surface area contributed by atoms with Crippen molar-refractivity contribution in [1.82, 2.24) is 0 Å². The Morgan fingerprint density at radius 2 is 2.37 bits per heavy atom. The summed E-state index contributed by atoms with van der Waals surface area (Å²) in [5, 5.41) is 19.6. The van der Waals surface area contributed by atoms with Gasteiger partial charge in [-0.05, 0) is 12.5 Å². The molecule has 1 unspecified atom stereocenters. The molecule has 0 aromatic heterocycles. The lowest BCUT2D eigenvalue weighted by atomic mass is 10.2. The summed E-state index contributed by atoms with van der Waals surface area (Å²) >= 11 is 0. The van der Waals surface area contributed by atoms with Gasteiger partial charge in [0.05, 0.1) is 18.1 Å². The average Bonchev–Trinajstić information content (AvgIpc) is 2.40. The van der Waals surface area contributed by atoms with E-state index >= 15 is 0 Å². The van der Waals surface area contributed by atoms with Gasteiger partial charge < -0.3 is 9.84 Å². The van der Waals surface area contributed by atoms with Crippen LogP contribution in [0.1, 0.15) is 12.5 Å². The minimum atomic E-state index is -1.01. The summed E-state index contributed by atoms with van der Waals surface area (Å²) in [7, 11) is 0. The Bertz CT molecular complexity index is 487. The third-order valence-corrected chi connectivity index (χ3v) is 2.22. The molecule has 1 atom stereocenters. The summed E-state index contributed by atoms with van der Waals surface area (Å²) in [6.07, 6.45) is 1.30. The van der Waals surface area contributed by atoms with Gasteiger partial charge in [-0.3, -0.25) is 15.1 Å². The number of rotatable bonds is 6. The Labute approximate surface area is 109 Å². The summed E-state index contributed by atoms with van der Waals surface area (Å²) in [6.45, 7) is 1.36. The average molecular weight is 266 g/mol. The lowest BCUT2D eigenvalue weighted by Crippen LogP contribution is -2.25. The van der Waals surface area contributed by atoms with Crippen molar-refractivity contribution in [3.63, 3.8) is 0 Å². The summed E-state index contributed by atoms with van der Waals surface area (Å²) in [5.41, 5.74) is 0.401. The molecular weight excluding hydrogens is 252 g/mol. The molecular formula is C12H14N2O5. The number of aliphatic hydroxyl groups is 1. The number of esters is 1. The zero-order valence-corrected chi connectivity index (χ0v) is 10.4. The van der Waals surface area contributed by atoms with Crippen LogP contribution in [-0.2, 0) is 9.53 Å². The first-order valence-electron chi connectivity index (χ1n) is 5.63. The van der Waals surface area contributed by atoms with E-state index in [0.29, 0.717) is 5.56 Å². The summed E-state index contributed by atoms with van der Waals surface area (Å²) in [4.78, 5) is 25.3. The number of carbonyl (C=O) groups is 1.